The van der Waals surface area contributed by atoms with E-state index >= 15 is 0 Å². The number of nitrogens with zero attached hydrogens (tertiary/aromatic N) is 3. The Labute approximate surface area is 230 Å². The SMILES string of the molecule is O=C(COCC1CCCCN1S(=O)(=O)c1c(Cl)cccc1Cl)N1CCN(c2cccc(C(F)(F)F)c2)CC1. The van der Waals surface area contributed by atoms with Crippen molar-refractivity contribution in [3.63, 3.8) is 0 Å². The summed E-state index contributed by atoms with van der Waals surface area (Å²) in [7, 11) is -3.97. The summed E-state index contributed by atoms with van der Waals surface area (Å²) >= 11 is 12.3. The normalized spacial score (nSPS) is 19.6. The summed E-state index contributed by atoms with van der Waals surface area (Å²) in [5, 5.41) is 0.0874. The van der Waals surface area contributed by atoms with Crippen LogP contribution in [0.4, 0.5) is 18.9 Å². The Balaban J connectivity index is 1.31. The minimum Gasteiger partial charge on any atom is -0.370 e. The zero-order valence-corrected chi connectivity index (χ0v) is 22.8. The molecule has 0 saturated carbocycles. The van der Waals surface area contributed by atoms with E-state index in [1.54, 1.807) is 17.0 Å². The second-order valence-electron chi connectivity index (χ2n) is 9.25. The van der Waals surface area contributed by atoms with Crippen molar-refractivity contribution in [3.05, 3.63) is 58.1 Å². The quantitative estimate of drug-likeness (QED) is 0.456. The summed E-state index contributed by atoms with van der Waals surface area (Å²) in [5.41, 5.74) is -0.252. The fraction of sp³-hybridized carbons (Fsp3) is 0.480. The molecule has 0 radical (unpaired) electrons. The first-order chi connectivity index (χ1) is 18.0. The molecule has 0 bridgehead atoms. The van der Waals surface area contributed by atoms with Gasteiger partial charge in [0.25, 0.3) is 0 Å². The van der Waals surface area contributed by atoms with Crippen molar-refractivity contribution in [3.8, 4) is 0 Å². The Morgan fingerprint density at radius 1 is 0.974 bits per heavy atom. The number of ether oxygens (including phenoxy) is 1. The highest BCUT2D eigenvalue weighted by molar-refractivity contribution is 7.89. The molecule has 13 heteroatoms. The van der Waals surface area contributed by atoms with Crippen LogP contribution in [0.25, 0.3) is 0 Å². The number of rotatable bonds is 7. The number of sulfonamides is 1. The molecule has 2 aromatic carbocycles. The van der Waals surface area contributed by atoms with Crippen LogP contribution in [0, 0.1) is 0 Å². The van der Waals surface area contributed by atoms with Crippen molar-refractivity contribution >= 4 is 44.8 Å². The monoisotopic (exact) mass is 593 g/mol. The van der Waals surface area contributed by atoms with Gasteiger partial charge in [-0.2, -0.15) is 17.5 Å². The molecule has 7 nitrogen and oxygen atoms in total. The number of piperidine rings is 1. The van der Waals surface area contributed by atoms with E-state index in [0.29, 0.717) is 51.3 Å². The Morgan fingerprint density at radius 3 is 2.29 bits per heavy atom. The van der Waals surface area contributed by atoms with Gasteiger partial charge >= 0.3 is 6.18 Å². The van der Waals surface area contributed by atoms with E-state index in [0.717, 1.165) is 18.6 Å². The van der Waals surface area contributed by atoms with Crippen LogP contribution in [-0.4, -0.2) is 75.5 Å². The van der Waals surface area contributed by atoms with E-state index in [9.17, 15) is 26.4 Å². The van der Waals surface area contributed by atoms with Crippen LogP contribution in [0.1, 0.15) is 24.8 Å². The van der Waals surface area contributed by atoms with Gasteiger partial charge in [-0.1, -0.05) is 41.8 Å². The average Bonchev–Trinajstić information content (AvgIpc) is 2.88. The Hall–Kier alpha value is -2.05. The zero-order valence-electron chi connectivity index (χ0n) is 20.5. The van der Waals surface area contributed by atoms with Gasteiger partial charge in [-0.3, -0.25) is 4.79 Å². The first-order valence-corrected chi connectivity index (χ1v) is 14.4. The van der Waals surface area contributed by atoms with Gasteiger partial charge in [0, 0.05) is 44.5 Å². The zero-order chi connectivity index (χ0) is 27.5. The molecule has 1 atom stereocenters. The van der Waals surface area contributed by atoms with Gasteiger partial charge in [0.2, 0.25) is 15.9 Å². The third-order valence-electron chi connectivity index (χ3n) is 6.77. The number of benzene rings is 2. The predicted molar refractivity (Wildman–Crippen MR) is 139 cm³/mol. The van der Waals surface area contributed by atoms with Gasteiger partial charge in [-0.25, -0.2) is 8.42 Å². The number of amides is 1. The molecule has 0 N–H and O–H groups in total. The lowest BCUT2D eigenvalue weighted by Gasteiger charge is -2.37. The summed E-state index contributed by atoms with van der Waals surface area (Å²) in [6, 6.07) is 9.19. The molecule has 2 aromatic rings. The molecule has 2 saturated heterocycles. The highest BCUT2D eigenvalue weighted by Crippen LogP contribution is 2.35. The Bertz CT molecular complexity index is 1230. The molecule has 208 valence electrons. The molecular formula is C25H28Cl2F3N3O4S. The van der Waals surface area contributed by atoms with Crippen LogP contribution in [0.3, 0.4) is 0 Å². The van der Waals surface area contributed by atoms with Crippen LogP contribution in [0.15, 0.2) is 47.4 Å². The molecule has 2 aliphatic heterocycles. The summed E-state index contributed by atoms with van der Waals surface area (Å²) < 4.78 is 72.9. The summed E-state index contributed by atoms with van der Waals surface area (Å²) in [5.74, 6) is -0.256. The highest BCUT2D eigenvalue weighted by atomic mass is 35.5. The molecular weight excluding hydrogens is 566 g/mol. The van der Waals surface area contributed by atoms with E-state index in [-0.39, 0.29) is 34.1 Å². The van der Waals surface area contributed by atoms with Gasteiger partial charge in [0.1, 0.15) is 11.5 Å². The average molecular weight is 594 g/mol. The number of carbonyl (C=O) groups excluding carboxylic acids is 1. The Morgan fingerprint density at radius 2 is 1.63 bits per heavy atom. The number of halogens is 5. The lowest BCUT2D eigenvalue weighted by atomic mass is 10.1. The Kier molecular flexibility index (Phi) is 9.14. The largest absolute Gasteiger partial charge is 0.416 e. The summed E-state index contributed by atoms with van der Waals surface area (Å²) in [6.07, 6.45) is -2.34. The molecule has 0 aromatic heterocycles. The summed E-state index contributed by atoms with van der Waals surface area (Å²) in [4.78, 5) is 16.0. The van der Waals surface area contributed by atoms with Crippen LogP contribution >= 0.6 is 23.2 Å². The first-order valence-electron chi connectivity index (χ1n) is 12.2. The number of carbonyl (C=O) groups is 1. The van der Waals surface area contributed by atoms with Crippen LogP contribution < -0.4 is 4.90 Å². The summed E-state index contributed by atoms with van der Waals surface area (Å²) in [6.45, 7) is 1.57. The molecule has 2 heterocycles. The number of hydrogen-bond donors (Lipinski definition) is 0. The molecule has 0 aliphatic carbocycles. The number of alkyl halides is 3. The fourth-order valence-electron chi connectivity index (χ4n) is 4.77. The van der Waals surface area contributed by atoms with Crippen molar-refractivity contribution < 1.29 is 31.1 Å². The number of anilines is 1. The van der Waals surface area contributed by atoms with Crippen molar-refractivity contribution in [1.82, 2.24) is 9.21 Å². The third kappa shape index (κ3) is 6.56. The van der Waals surface area contributed by atoms with E-state index in [2.05, 4.69) is 0 Å². The smallest absolute Gasteiger partial charge is 0.370 e. The van der Waals surface area contributed by atoms with Crippen molar-refractivity contribution in [2.75, 3.05) is 50.8 Å². The van der Waals surface area contributed by atoms with Crippen LogP contribution in [0.5, 0.6) is 0 Å². The highest BCUT2D eigenvalue weighted by Gasteiger charge is 2.36. The fourth-order valence-corrected chi connectivity index (χ4v) is 7.54. The van der Waals surface area contributed by atoms with Crippen molar-refractivity contribution in [2.24, 2.45) is 0 Å². The molecule has 1 amide bonds. The molecule has 38 heavy (non-hydrogen) atoms. The second kappa shape index (κ2) is 12.0. The number of hydrogen-bond acceptors (Lipinski definition) is 5. The minimum atomic E-state index is -4.42. The molecule has 0 spiro atoms. The second-order valence-corrected chi connectivity index (χ2v) is 11.9. The maximum absolute atomic E-state index is 13.4. The molecule has 2 fully saturated rings. The third-order valence-corrected chi connectivity index (χ3v) is 9.67. The molecule has 4 rings (SSSR count). The molecule has 2 aliphatic rings. The van der Waals surface area contributed by atoms with E-state index in [1.165, 1.54) is 22.5 Å². The van der Waals surface area contributed by atoms with Crippen LogP contribution in [-0.2, 0) is 25.7 Å². The van der Waals surface area contributed by atoms with Gasteiger partial charge < -0.3 is 14.5 Å². The van der Waals surface area contributed by atoms with Gasteiger partial charge in [0.05, 0.1) is 22.2 Å². The van der Waals surface area contributed by atoms with Crippen molar-refractivity contribution in [2.45, 2.75) is 36.4 Å². The topological polar surface area (TPSA) is 70.2 Å². The van der Waals surface area contributed by atoms with Gasteiger partial charge in [-0.15, -0.1) is 0 Å². The lowest BCUT2D eigenvalue weighted by Crippen LogP contribution is -2.50. The van der Waals surface area contributed by atoms with Crippen LogP contribution in [0.2, 0.25) is 10.0 Å². The lowest BCUT2D eigenvalue weighted by molar-refractivity contribution is -0.137. The standard InChI is InChI=1S/C25H28Cl2F3N3O4S/c26-21-8-4-9-22(27)24(21)38(35,36)33-10-2-1-6-20(33)16-37-17-23(34)32-13-11-31(12-14-32)19-7-3-5-18(15-19)25(28,29)30/h3-5,7-9,15,20H,1-2,6,10-14,16-17H2. The number of piperazine rings is 1. The van der Waals surface area contributed by atoms with E-state index in [1.807, 2.05) is 4.90 Å². The first kappa shape index (κ1) is 28.9. The maximum atomic E-state index is 13.4. The maximum Gasteiger partial charge on any atom is 0.416 e. The van der Waals surface area contributed by atoms with Gasteiger partial charge in [0.15, 0.2) is 0 Å². The van der Waals surface area contributed by atoms with Gasteiger partial charge in [-0.05, 0) is 43.2 Å². The van der Waals surface area contributed by atoms with E-state index < -0.39 is 27.8 Å². The molecule has 1 unspecified atom stereocenters. The van der Waals surface area contributed by atoms with E-state index in [4.69, 9.17) is 27.9 Å². The minimum absolute atomic E-state index is 0.0389. The predicted octanol–water partition coefficient (Wildman–Crippen LogP) is 4.92. The van der Waals surface area contributed by atoms with Crippen molar-refractivity contribution in [1.29, 1.82) is 0 Å².